The Hall–Kier alpha value is 3.96. The molecule has 2 N–H and O–H groups in total. The second kappa shape index (κ2) is 24.6. The zero-order valence-corrected chi connectivity index (χ0v) is 0.500. The molecule has 0 aliphatic carbocycles. The Bertz CT molecular complexity index is 3.61. The van der Waals surface area contributed by atoms with Gasteiger partial charge in [-0.25, -0.2) is 0 Å². The Kier molecular flexibility index (Phi) is 178. The molecule has 0 aromatic rings. The summed E-state index contributed by atoms with van der Waals surface area (Å²) in [4.78, 5) is 0. The molecule has 0 heterocycles. The first-order valence-electron chi connectivity index (χ1n) is 0. The van der Waals surface area contributed by atoms with Crippen molar-refractivity contribution in [2.75, 3.05) is 0 Å². The molecular weight excluding hydrogens is 108 g/mol. The number of hydrogen-bond acceptors (Lipinski definition) is 0. The maximum absolute atomic E-state index is 0. The summed E-state index contributed by atoms with van der Waals surface area (Å²) in [5, 5.41) is 0. The SMILES string of the molecule is O.[NaH].[NaH].[NaH].[NaH]. The van der Waals surface area contributed by atoms with Crippen LogP contribution >= 0.6 is 0 Å². The van der Waals surface area contributed by atoms with Gasteiger partial charge < -0.3 is 5.48 Å². The summed E-state index contributed by atoms with van der Waals surface area (Å²) < 4.78 is 0. The minimum atomic E-state index is 0. The van der Waals surface area contributed by atoms with E-state index in [2.05, 4.69) is 0 Å². The van der Waals surface area contributed by atoms with E-state index < -0.39 is 0 Å². The van der Waals surface area contributed by atoms with Crippen molar-refractivity contribution in [1.29, 1.82) is 0 Å². The van der Waals surface area contributed by atoms with Crippen LogP contribution in [0.15, 0.2) is 0 Å². The second-order valence-electron chi connectivity index (χ2n) is 0. The third-order valence-corrected chi connectivity index (χ3v) is 0. The predicted octanol–water partition coefficient (Wildman–Crippen LogP) is -3.42. The van der Waals surface area contributed by atoms with Crippen molar-refractivity contribution < 1.29 is 5.48 Å². The Labute approximate surface area is 121 Å². The maximum atomic E-state index is 0. The van der Waals surface area contributed by atoms with E-state index in [1.165, 1.54) is 0 Å². The molecule has 0 spiro atoms. The van der Waals surface area contributed by atoms with Gasteiger partial charge in [0.2, 0.25) is 0 Å². The van der Waals surface area contributed by atoms with Gasteiger partial charge in [-0.05, 0) is 0 Å². The fourth-order valence-electron chi connectivity index (χ4n) is 0. The van der Waals surface area contributed by atoms with Crippen LogP contribution in [0.5, 0.6) is 0 Å². The van der Waals surface area contributed by atoms with Gasteiger partial charge in [-0.15, -0.1) is 0 Å². The van der Waals surface area contributed by atoms with E-state index in [1.54, 1.807) is 0 Å². The minimum absolute atomic E-state index is 0. The molecule has 0 aromatic carbocycles. The van der Waals surface area contributed by atoms with Crippen LogP contribution in [-0.4, -0.2) is 124 Å². The Balaban J connectivity index is 0. The van der Waals surface area contributed by atoms with Crippen LogP contribution in [0, 0.1) is 0 Å². The molecule has 16 valence electrons. The van der Waals surface area contributed by atoms with E-state index in [0.29, 0.717) is 0 Å². The fraction of sp³-hybridized carbons (Fsp3) is 0. The van der Waals surface area contributed by atoms with Crippen molar-refractivity contribution >= 4 is 118 Å². The van der Waals surface area contributed by atoms with Crippen LogP contribution in [0.3, 0.4) is 0 Å². The Morgan fingerprint density at radius 1 is 0.400 bits per heavy atom. The Morgan fingerprint density at radius 2 is 0.400 bits per heavy atom. The number of rotatable bonds is 0. The van der Waals surface area contributed by atoms with Gasteiger partial charge in [0.05, 0.1) is 0 Å². The van der Waals surface area contributed by atoms with Crippen LogP contribution in [0.2, 0.25) is 0 Å². The van der Waals surface area contributed by atoms with Crippen molar-refractivity contribution in [2.24, 2.45) is 0 Å². The molecule has 0 saturated carbocycles. The van der Waals surface area contributed by atoms with Crippen LogP contribution in [0.1, 0.15) is 0 Å². The average Bonchev–Trinajstić information content (AvgIpc) is 0. The summed E-state index contributed by atoms with van der Waals surface area (Å²) in [6, 6.07) is 0. The third-order valence-electron chi connectivity index (χ3n) is 0. The molecule has 0 atom stereocenters. The van der Waals surface area contributed by atoms with E-state index in [0.717, 1.165) is 0 Å². The van der Waals surface area contributed by atoms with Crippen LogP contribution < -0.4 is 0 Å². The summed E-state index contributed by atoms with van der Waals surface area (Å²) in [6.45, 7) is 0. The molecule has 0 aromatic heterocycles. The summed E-state index contributed by atoms with van der Waals surface area (Å²) in [5.41, 5.74) is 0. The molecule has 0 saturated heterocycles. The summed E-state index contributed by atoms with van der Waals surface area (Å²) in [7, 11) is 0. The molecule has 0 amide bonds. The average molecular weight is 114 g/mol. The van der Waals surface area contributed by atoms with Crippen LogP contribution in [0.25, 0.3) is 0 Å². The topological polar surface area (TPSA) is 31.5 Å². The molecule has 0 aliphatic rings. The molecule has 0 aliphatic heterocycles. The van der Waals surface area contributed by atoms with Crippen molar-refractivity contribution in [3.8, 4) is 0 Å². The molecule has 0 fully saturated rings. The van der Waals surface area contributed by atoms with Crippen molar-refractivity contribution in [2.45, 2.75) is 0 Å². The van der Waals surface area contributed by atoms with Gasteiger partial charge in [-0.3, -0.25) is 0 Å². The second-order valence-corrected chi connectivity index (χ2v) is 0. The monoisotopic (exact) mass is 114 g/mol. The van der Waals surface area contributed by atoms with Gasteiger partial charge in [-0.1, -0.05) is 0 Å². The summed E-state index contributed by atoms with van der Waals surface area (Å²) >= 11 is 0. The quantitative estimate of drug-likeness (QED) is 0.294. The van der Waals surface area contributed by atoms with E-state index >= 15 is 0 Å². The normalized spacial score (nSPS) is 0. The van der Waals surface area contributed by atoms with Crippen molar-refractivity contribution in [1.82, 2.24) is 0 Å². The van der Waals surface area contributed by atoms with Crippen molar-refractivity contribution in [3.63, 3.8) is 0 Å². The molecule has 0 rings (SSSR count). The third kappa shape index (κ3) is 18.0. The molecule has 5 heavy (non-hydrogen) atoms. The predicted molar refractivity (Wildman–Crippen MR) is 32.2 cm³/mol. The summed E-state index contributed by atoms with van der Waals surface area (Å²) in [6.07, 6.45) is 0. The first-order chi connectivity index (χ1) is 0. The fourth-order valence-corrected chi connectivity index (χ4v) is 0. The van der Waals surface area contributed by atoms with Gasteiger partial charge in [0.1, 0.15) is 0 Å². The van der Waals surface area contributed by atoms with Gasteiger partial charge in [-0.2, -0.15) is 0 Å². The van der Waals surface area contributed by atoms with E-state index in [4.69, 9.17) is 0 Å². The van der Waals surface area contributed by atoms with Gasteiger partial charge >= 0.3 is 118 Å². The van der Waals surface area contributed by atoms with E-state index in [1.807, 2.05) is 0 Å². The van der Waals surface area contributed by atoms with Gasteiger partial charge in [0, 0.05) is 0 Å². The first-order valence-corrected chi connectivity index (χ1v) is 0. The molecule has 1 nitrogen and oxygen atoms in total. The van der Waals surface area contributed by atoms with E-state index in [-0.39, 0.29) is 124 Å². The molecule has 0 bridgehead atoms. The summed E-state index contributed by atoms with van der Waals surface area (Å²) in [5.74, 6) is 0. The molecule has 0 unspecified atom stereocenters. The standard InChI is InChI=1S/4Na.H2O.4H/h;;;;1H2;;;;. The zero-order valence-electron chi connectivity index (χ0n) is 0.500. The van der Waals surface area contributed by atoms with Crippen LogP contribution in [0.4, 0.5) is 0 Å². The van der Waals surface area contributed by atoms with Crippen LogP contribution in [-0.2, 0) is 0 Å². The molecular formula is H6Na4O. The molecule has 5 heteroatoms. The Morgan fingerprint density at radius 3 is 0.400 bits per heavy atom. The zero-order chi connectivity index (χ0) is 0. The number of hydrogen-bond donors (Lipinski definition) is 0. The first kappa shape index (κ1) is 36.2. The van der Waals surface area contributed by atoms with Gasteiger partial charge in [0.25, 0.3) is 0 Å². The van der Waals surface area contributed by atoms with E-state index in [9.17, 15) is 0 Å². The van der Waals surface area contributed by atoms with Gasteiger partial charge in [0.15, 0.2) is 0 Å². The molecule has 0 radical (unpaired) electrons. The van der Waals surface area contributed by atoms with Crippen molar-refractivity contribution in [3.05, 3.63) is 0 Å².